The number of rotatable bonds is 8. The van der Waals surface area contributed by atoms with Gasteiger partial charge in [0.25, 0.3) is 10.1 Å². The number of hydrogen-bond acceptors (Lipinski definition) is 7. The predicted octanol–water partition coefficient (Wildman–Crippen LogP) is 2.41. The molecule has 3 rings (SSSR count). The average molecular weight is 422 g/mol. The molecule has 0 spiro atoms. The minimum absolute atomic E-state index is 0.0348. The van der Waals surface area contributed by atoms with Crippen molar-refractivity contribution in [2.75, 3.05) is 13.7 Å². The van der Waals surface area contributed by atoms with Crippen LogP contribution in [-0.2, 0) is 35.1 Å². The van der Waals surface area contributed by atoms with Crippen LogP contribution in [0.3, 0.4) is 0 Å². The molecule has 0 amide bonds. The van der Waals surface area contributed by atoms with Gasteiger partial charge in [-0.05, 0) is 24.6 Å². The van der Waals surface area contributed by atoms with E-state index in [1.54, 1.807) is 12.1 Å². The van der Waals surface area contributed by atoms with Gasteiger partial charge in [-0.1, -0.05) is 48.0 Å². The molecule has 1 saturated heterocycles. The molecular weight excluding hydrogens is 396 g/mol. The number of hydrogen-bond donors (Lipinski definition) is 1. The van der Waals surface area contributed by atoms with Crippen molar-refractivity contribution in [1.82, 2.24) is 0 Å². The lowest BCUT2D eigenvalue weighted by Gasteiger charge is -2.37. The molecule has 1 fully saturated rings. The molecule has 8 heteroatoms. The Morgan fingerprint density at radius 2 is 1.79 bits per heavy atom. The molecule has 0 aromatic heterocycles. The van der Waals surface area contributed by atoms with Gasteiger partial charge in [0.15, 0.2) is 6.29 Å². The van der Waals surface area contributed by atoms with Crippen LogP contribution in [0.4, 0.5) is 0 Å². The summed E-state index contributed by atoms with van der Waals surface area (Å²) in [6.45, 7) is 2.47. The van der Waals surface area contributed by atoms with Crippen molar-refractivity contribution in [2.45, 2.75) is 49.4 Å². The van der Waals surface area contributed by atoms with E-state index >= 15 is 0 Å². The molecule has 7 nitrogen and oxygen atoms in total. The first-order valence-electron chi connectivity index (χ1n) is 9.37. The first kappa shape index (κ1) is 21.9. The van der Waals surface area contributed by atoms with Gasteiger partial charge in [-0.2, -0.15) is 8.42 Å². The second kappa shape index (κ2) is 9.80. The molecule has 0 aliphatic carbocycles. The Morgan fingerprint density at radius 1 is 1.10 bits per heavy atom. The average Bonchev–Trinajstić information content (AvgIpc) is 2.71. The fraction of sp³-hybridized carbons (Fsp3) is 0.429. The summed E-state index contributed by atoms with van der Waals surface area (Å²) in [5, 5.41) is 10.4. The molecule has 29 heavy (non-hydrogen) atoms. The summed E-state index contributed by atoms with van der Waals surface area (Å²) >= 11 is 0. The SMILES string of the molecule is CO[C@@H]1O[C@H](COCc2ccccc2)C[C@H](OS(=O)(=O)c2ccc(C)cc2)[C@H]1O. The van der Waals surface area contributed by atoms with E-state index in [4.69, 9.17) is 18.4 Å². The number of methoxy groups -OCH3 is 1. The Labute approximate surface area is 171 Å². The summed E-state index contributed by atoms with van der Waals surface area (Å²) < 4.78 is 47.1. The Hall–Kier alpha value is -1.81. The highest BCUT2D eigenvalue weighted by molar-refractivity contribution is 7.86. The van der Waals surface area contributed by atoms with Crippen LogP contribution in [0.5, 0.6) is 0 Å². The van der Waals surface area contributed by atoms with Crippen molar-refractivity contribution in [2.24, 2.45) is 0 Å². The molecule has 1 heterocycles. The van der Waals surface area contributed by atoms with Gasteiger partial charge in [-0.15, -0.1) is 0 Å². The minimum Gasteiger partial charge on any atom is -0.385 e. The lowest BCUT2D eigenvalue weighted by Crippen LogP contribution is -2.51. The molecule has 158 valence electrons. The maximum Gasteiger partial charge on any atom is 0.297 e. The van der Waals surface area contributed by atoms with Crippen LogP contribution in [0.15, 0.2) is 59.5 Å². The van der Waals surface area contributed by atoms with Gasteiger partial charge in [0.1, 0.15) is 12.2 Å². The highest BCUT2D eigenvalue weighted by Gasteiger charge is 2.41. The first-order valence-corrected chi connectivity index (χ1v) is 10.8. The monoisotopic (exact) mass is 422 g/mol. The van der Waals surface area contributed by atoms with E-state index in [9.17, 15) is 13.5 Å². The van der Waals surface area contributed by atoms with Gasteiger partial charge in [-0.3, -0.25) is 4.18 Å². The number of aliphatic hydroxyl groups is 1. The molecule has 0 radical (unpaired) electrons. The van der Waals surface area contributed by atoms with Gasteiger partial charge in [-0.25, -0.2) is 0 Å². The van der Waals surface area contributed by atoms with Gasteiger partial charge < -0.3 is 19.3 Å². The fourth-order valence-corrected chi connectivity index (χ4v) is 4.20. The summed E-state index contributed by atoms with van der Waals surface area (Å²) in [5.74, 6) is 0. The van der Waals surface area contributed by atoms with E-state index in [2.05, 4.69) is 0 Å². The van der Waals surface area contributed by atoms with Gasteiger partial charge >= 0.3 is 0 Å². The Kier molecular flexibility index (Phi) is 7.39. The number of benzene rings is 2. The molecule has 2 aromatic rings. The zero-order chi connectivity index (χ0) is 20.9. The molecule has 0 bridgehead atoms. The molecule has 4 atom stereocenters. The lowest BCUT2D eigenvalue weighted by molar-refractivity contribution is -0.260. The van der Waals surface area contributed by atoms with Crippen LogP contribution in [0, 0.1) is 6.92 Å². The number of ether oxygens (including phenoxy) is 3. The smallest absolute Gasteiger partial charge is 0.297 e. The normalized spacial score (nSPS) is 25.1. The molecule has 2 aromatic carbocycles. The van der Waals surface area contributed by atoms with Crippen LogP contribution < -0.4 is 0 Å². The van der Waals surface area contributed by atoms with E-state index < -0.39 is 34.7 Å². The first-order chi connectivity index (χ1) is 13.9. The van der Waals surface area contributed by atoms with E-state index in [0.717, 1.165) is 11.1 Å². The van der Waals surface area contributed by atoms with Gasteiger partial charge in [0.2, 0.25) is 0 Å². The quantitative estimate of drug-likeness (QED) is 0.653. The third kappa shape index (κ3) is 5.85. The topological polar surface area (TPSA) is 91.3 Å². The molecule has 1 N–H and O–H groups in total. The van der Waals surface area contributed by atoms with Crippen molar-refractivity contribution < 1.29 is 31.9 Å². The van der Waals surface area contributed by atoms with Crippen molar-refractivity contribution in [3.63, 3.8) is 0 Å². The van der Waals surface area contributed by atoms with Crippen LogP contribution in [0.25, 0.3) is 0 Å². The second-order valence-electron chi connectivity index (χ2n) is 6.99. The van der Waals surface area contributed by atoms with E-state index in [1.807, 2.05) is 37.3 Å². The second-order valence-corrected chi connectivity index (χ2v) is 8.56. The van der Waals surface area contributed by atoms with E-state index in [0.29, 0.717) is 6.61 Å². The van der Waals surface area contributed by atoms with Crippen LogP contribution in [0.2, 0.25) is 0 Å². The Bertz CT molecular complexity index is 868. The highest BCUT2D eigenvalue weighted by atomic mass is 32.2. The summed E-state index contributed by atoms with van der Waals surface area (Å²) in [6.07, 6.45) is -3.59. The third-order valence-corrected chi connectivity index (χ3v) is 6.04. The minimum atomic E-state index is -4.04. The highest BCUT2D eigenvalue weighted by Crippen LogP contribution is 2.27. The molecule has 0 saturated carbocycles. The van der Waals surface area contributed by atoms with Crippen molar-refractivity contribution in [3.05, 3.63) is 65.7 Å². The molecule has 0 unspecified atom stereocenters. The van der Waals surface area contributed by atoms with E-state index in [-0.39, 0.29) is 17.9 Å². The zero-order valence-electron chi connectivity index (χ0n) is 16.4. The summed E-state index contributed by atoms with van der Waals surface area (Å²) in [6, 6.07) is 16.0. The van der Waals surface area contributed by atoms with Gasteiger partial charge in [0.05, 0.1) is 24.2 Å². The Morgan fingerprint density at radius 3 is 2.45 bits per heavy atom. The number of aliphatic hydroxyl groups excluding tert-OH is 1. The summed E-state index contributed by atoms with van der Waals surface area (Å²) in [5.41, 5.74) is 1.95. The lowest BCUT2D eigenvalue weighted by atomic mass is 10.0. The van der Waals surface area contributed by atoms with Crippen LogP contribution >= 0.6 is 0 Å². The van der Waals surface area contributed by atoms with Gasteiger partial charge in [0, 0.05) is 13.5 Å². The fourth-order valence-electron chi connectivity index (χ4n) is 3.10. The zero-order valence-corrected chi connectivity index (χ0v) is 17.2. The predicted molar refractivity (Wildman–Crippen MR) is 106 cm³/mol. The third-order valence-electron chi connectivity index (χ3n) is 4.69. The van der Waals surface area contributed by atoms with Crippen LogP contribution in [-0.4, -0.2) is 51.8 Å². The molecule has 1 aliphatic rings. The number of aryl methyl sites for hydroxylation is 1. The Balaban J connectivity index is 1.64. The molecular formula is C21H26O7S. The van der Waals surface area contributed by atoms with Crippen LogP contribution in [0.1, 0.15) is 17.5 Å². The van der Waals surface area contributed by atoms with E-state index in [1.165, 1.54) is 19.2 Å². The summed E-state index contributed by atoms with van der Waals surface area (Å²) in [4.78, 5) is 0.0348. The maximum atomic E-state index is 12.6. The van der Waals surface area contributed by atoms with Crippen molar-refractivity contribution >= 4 is 10.1 Å². The standard InChI is InChI=1S/C21H26O7S/c1-15-8-10-18(11-9-15)29(23,24)28-19-12-17(27-21(25-2)20(19)22)14-26-13-16-6-4-3-5-7-16/h3-11,17,19-22H,12-14H2,1-2H3/t17-,19-,20+,21+/m0/s1. The molecule has 1 aliphatic heterocycles. The largest absolute Gasteiger partial charge is 0.385 e. The summed E-state index contributed by atoms with van der Waals surface area (Å²) in [7, 11) is -2.66. The van der Waals surface area contributed by atoms with Crippen molar-refractivity contribution in [1.29, 1.82) is 0 Å². The van der Waals surface area contributed by atoms with Crippen molar-refractivity contribution in [3.8, 4) is 0 Å². The maximum absolute atomic E-state index is 12.6.